The summed E-state index contributed by atoms with van der Waals surface area (Å²) < 4.78 is 5.98. The molecular formula is C29H31ClN2O. The first-order valence-electron chi connectivity index (χ1n) is 11.5. The van der Waals surface area contributed by atoms with E-state index in [1.807, 2.05) is 61.7 Å². The highest BCUT2D eigenvalue weighted by Gasteiger charge is 2.31. The molecule has 0 amide bonds. The predicted molar refractivity (Wildman–Crippen MR) is 142 cm³/mol. The van der Waals surface area contributed by atoms with Crippen molar-refractivity contribution < 1.29 is 4.74 Å². The van der Waals surface area contributed by atoms with E-state index in [0.717, 1.165) is 41.3 Å². The molecule has 0 aromatic heterocycles. The zero-order valence-electron chi connectivity index (χ0n) is 20.0. The van der Waals surface area contributed by atoms with Gasteiger partial charge in [0.05, 0.1) is 16.2 Å². The Morgan fingerprint density at radius 2 is 1.76 bits per heavy atom. The number of para-hydroxylation sites is 1. The number of benzene rings is 3. The highest BCUT2D eigenvalue weighted by Crippen LogP contribution is 2.41. The molecule has 0 unspecified atom stereocenters. The molecule has 0 bridgehead atoms. The number of hydrogen-bond acceptors (Lipinski definition) is 3. The van der Waals surface area contributed by atoms with Crippen LogP contribution < -0.4 is 9.64 Å². The molecular weight excluding hydrogens is 428 g/mol. The van der Waals surface area contributed by atoms with Crippen molar-refractivity contribution >= 4 is 34.8 Å². The smallest absolute Gasteiger partial charge is 0.130 e. The molecule has 3 nitrogen and oxygen atoms in total. The van der Waals surface area contributed by atoms with Crippen molar-refractivity contribution in [2.45, 2.75) is 46.6 Å². The summed E-state index contributed by atoms with van der Waals surface area (Å²) in [5, 5.41) is 0.712. The third-order valence-electron chi connectivity index (χ3n) is 6.05. The molecule has 3 aromatic rings. The van der Waals surface area contributed by atoms with Gasteiger partial charge in [0.15, 0.2) is 0 Å². The number of aliphatic imine (C=N–C) groups is 1. The lowest BCUT2D eigenvalue weighted by Crippen LogP contribution is -2.45. The minimum atomic E-state index is -0.0336. The van der Waals surface area contributed by atoms with Gasteiger partial charge in [0.25, 0.3) is 0 Å². The topological polar surface area (TPSA) is 24.8 Å². The summed E-state index contributed by atoms with van der Waals surface area (Å²) in [4.78, 5) is 7.10. The fraction of sp³-hybridized carbons (Fsp3) is 0.276. The maximum atomic E-state index is 6.71. The van der Waals surface area contributed by atoms with E-state index in [1.54, 1.807) is 0 Å². The number of aryl methyl sites for hydroxylation is 1. The first kappa shape index (κ1) is 23.1. The molecule has 0 aliphatic carbocycles. The van der Waals surface area contributed by atoms with Gasteiger partial charge in [0.1, 0.15) is 11.5 Å². The van der Waals surface area contributed by atoms with Crippen LogP contribution in [0.4, 0.5) is 11.4 Å². The Labute approximate surface area is 202 Å². The Morgan fingerprint density at radius 3 is 2.45 bits per heavy atom. The quantitative estimate of drug-likeness (QED) is 0.345. The molecule has 1 aliphatic heterocycles. The first-order valence-corrected chi connectivity index (χ1v) is 11.8. The van der Waals surface area contributed by atoms with Crippen molar-refractivity contribution in [3.63, 3.8) is 0 Å². The summed E-state index contributed by atoms with van der Waals surface area (Å²) in [6.07, 6.45) is 5.27. The maximum absolute atomic E-state index is 6.71. The zero-order chi connectivity index (χ0) is 23.6. The lowest BCUT2D eigenvalue weighted by molar-refractivity contribution is 0.479. The molecule has 33 heavy (non-hydrogen) atoms. The van der Waals surface area contributed by atoms with Crippen molar-refractivity contribution in [2.75, 3.05) is 11.4 Å². The number of nitrogens with zero attached hydrogens (tertiary/aromatic N) is 2. The highest BCUT2D eigenvalue weighted by atomic mass is 35.5. The number of anilines is 1. The first-order chi connectivity index (χ1) is 15.8. The molecule has 0 saturated heterocycles. The number of hydrogen-bond donors (Lipinski definition) is 0. The van der Waals surface area contributed by atoms with Gasteiger partial charge >= 0.3 is 0 Å². The van der Waals surface area contributed by atoms with Crippen molar-refractivity contribution in [2.24, 2.45) is 4.99 Å². The van der Waals surface area contributed by atoms with Gasteiger partial charge in [-0.05, 0) is 87.7 Å². The second-order valence-electron chi connectivity index (χ2n) is 9.14. The largest absolute Gasteiger partial charge is 0.457 e. The molecule has 0 spiro atoms. The Morgan fingerprint density at radius 1 is 1.03 bits per heavy atom. The van der Waals surface area contributed by atoms with Crippen molar-refractivity contribution in [1.29, 1.82) is 0 Å². The zero-order valence-corrected chi connectivity index (χ0v) is 20.8. The van der Waals surface area contributed by atoms with Gasteiger partial charge in [0.2, 0.25) is 0 Å². The Balaban J connectivity index is 1.57. The van der Waals surface area contributed by atoms with Gasteiger partial charge in [-0.15, -0.1) is 0 Å². The van der Waals surface area contributed by atoms with E-state index in [-0.39, 0.29) is 5.54 Å². The molecule has 0 N–H and O–H groups in total. The van der Waals surface area contributed by atoms with Crippen molar-refractivity contribution in [1.82, 2.24) is 0 Å². The summed E-state index contributed by atoms with van der Waals surface area (Å²) in [5.41, 5.74) is 6.52. The fourth-order valence-electron chi connectivity index (χ4n) is 4.39. The summed E-state index contributed by atoms with van der Waals surface area (Å²) in [7, 11) is 0. The van der Waals surface area contributed by atoms with E-state index in [9.17, 15) is 0 Å². The molecule has 0 radical (unpaired) electrons. The van der Waals surface area contributed by atoms with Crippen LogP contribution in [0.15, 0.2) is 71.7 Å². The van der Waals surface area contributed by atoms with Crippen molar-refractivity contribution in [3.05, 3.63) is 88.5 Å². The Hall–Kier alpha value is -3.04. The van der Waals surface area contributed by atoms with Crippen LogP contribution in [0.3, 0.4) is 0 Å². The van der Waals surface area contributed by atoms with E-state index < -0.39 is 0 Å². The molecule has 170 valence electrons. The van der Waals surface area contributed by atoms with E-state index in [0.29, 0.717) is 5.02 Å². The second kappa shape index (κ2) is 9.44. The van der Waals surface area contributed by atoms with E-state index in [1.165, 1.54) is 16.8 Å². The van der Waals surface area contributed by atoms with Gasteiger partial charge in [-0.1, -0.05) is 42.8 Å². The molecule has 4 heteroatoms. The number of halogens is 1. The molecule has 1 aliphatic rings. The fourth-order valence-corrected chi connectivity index (χ4v) is 4.59. The number of allylic oxidation sites excluding steroid dienone is 1. The van der Waals surface area contributed by atoms with E-state index in [2.05, 4.69) is 55.8 Å². The minimum absolute atomic E-state index is 0.0336. The van der Waals surface area contributed by atoms with Crippen molar-refractivity contribution in [3.8, 4) is 11.5 Å². The molecule has 0 atom stereocenters. The number of fused-ring (bicyclic) bond motifs is 1. The molecule has 4 rings (SSSR count). The minimum Gasteiger partial charge on any atom is -0.457 e. The van der Waals surface area contributed by atoms with Crippen LogP contribution in [0.25, 0.3) is 5.57 Å². The lowest BCUT2D eigenvalue weighted by Gasteiger charge is -2.43. The van der Waals surface area contributed by atoms with E-state index in [4.69, 9.17) is 16.3 Å². The van der Waals surface area contributed by atoms with Gasteiger partial charge in [0, 0.05) is 29.6 Å². The standard InChI is InChI=1S/C29H31ClN2O/c1-6-15-32-27-17-26(30)22(16-25(27)21(3)18-29(32,4)5)19-31-23-11-13-24(14-12-23)33-28-10-8-7-9-20(28)2/h7-14,16-19H,6,15H2,1-5H3. The maximum Gasteiger partial charge on any atom is 0.130 e. The second-order valence-corrected chi connectivity index (χ2v) is 9.55. The van der Waals surface area contributed by atoms with Crippen LogP contribution in [0.5, 0.6) is 11.5 Å². The lowest BCUT2D eigenvalue weighted by atomic mass is 9.88. The van der Waals surface area contributed by atoms with Crippen LogP contribution in [0.1, 0.15) is 50.8 Å². The molecule has 1 heterocycles. The van der Waals surface area contributed by atoms with E-state index >= 15 is 0 Å². The van der Waals surface area contributed by atoms with Gasteiger partial charge < -0.3 is 9.64 Å². The SMILES string of the molecule is CCCN1c2cc(Cl)c(C=Nc3ccc(Oc4ccccc4C)cc3)cc2C(C)=CC1(C)C. The highest BCUT2D eigenvalue weighted by molar-refractivity contribution is 6.33. The normalized spacial score (nSPS) is 14.8. The number of ether oxygens (including phenoxy) is 1. The summed E-state index contributed by atoms with van der Waals surface area (Å²) in [6.45, 7) is 11.9. The average Bonchev–Trinajstić information content (AvgIpc) is 2.78. The third-order valence-corrected chi connectivity index (χ3v) is 6.38. The molecule has 0 saturated carbocycles. The van der Waals surface area contributed by atoms with Crippen LogP contribution in [0.2, 0.25) is 5.02 Å². The molecule has 0 fully saturated rings. The van der Waals surface area contributed by atoms with Gasteiger partial charge in [-0.25, -0.2) is 0 Å². The predicted octanol–water partition coefficient (Wildman–Crippen LogP) is 8.60. The van der Waals surface area contributed by atoms with Crippen LogP contribution in [-0.4, -0.2) is 18.3 Å². The Kier molecular flexibility index (Phi) is 6.62. The Bertz CT molecular complexity index is 1210. The third kappa shape index (κ3) is 4.99. The summed E-state index contributed by atoms with van der Waals surface area (Å²) in [5.74, 6) is 1.65. The summed E-state index contributed by atoms with van der Waals surface area (Å²) >= 11 is 6.71. The average molecular weight is 459 g/mol. The summed E-state index contributed by atoms with van der Waals surface area (Å²) in [6, 6.07) is 20.0. The monoisotopic (exact) mass is 458 g/mol. The van der Waals surface area contributed by atoms with Crippen LogP contribution in [-0.2, 0) is 0 Å². The van der Waals surface area contributed by atoms with Crippen LogP contribution >= 0.6 is 11.6 Å². The van der Waals surface area contributed by atoms with Gasteiger partial charge in [-0.2, -0.15) is 0 Å². The van der Waals surface area contributed by atoms with Gasteiger partial charge in [-0.3, -0.25) is 4.99 Å². The van der Waals surface area contributed by atoms with Crippen LogP contribution in [0, 0.1) is 6.92 Å². The number of rotatable bonds is 6. The molecule has 3 aromatic carbocycles.